The first-order valence-electron chi connectivity index (χ1n) is 6.91. The van der Waals surface area contributed by atoms with Crippen LogP contribution in [-0.2, 0) is 0 Å². The van der Waals surface area contributed by atoms with E-state index in [0.29, 0.717) is 12.1 Å². The Morgan fingerprint density at radius 2 is 2.11 bits per heavy atom. The number of nitrogens with one attached hydrogen (secondary N) is 1. The molecule has 0 amide bonds. The summed E-state index contributed by atoms with van der Waals surface area (Å²) in [4.78, 5) is 2.51. The maximum Gasteiger partial charge on any atom is 0.0455 e. The van der Waals surface area contributed by atoms with Gasteiger partial charge in [-0.05, 0) is 37.5 Å². The van der Waals surface area contributed by atoms with Crippen LogP contribution in [0.25, 0.3) is 0 Å². The second kappa shape index (κ2) is 5.94. The number of piperazine rings is 1. The van der Waals surface area contributed by atoms with Crippen molar-refractivity contribution in [1.82, 2.24) is 5.32 Å². The minimum absolute atomic E-state index is 0.576. The molecule has 3 heteroatoms. The molecular weight excluding hydrogens is 244 g/mol. The Morgan fingerprint density at radius 3 is 2.72 bits per heavy atom. The van der Waals surface area contributed by atoms with Gasteiger partial charge in [0.05, 0.1) is 0 Å². The van der Waals surface area contributed by atoms with Crippen molar-refractivity contribution in [1.29, 1.82) is 0 Å². The van der Waals surface area contributed by atoms with E-state index in [1.54, 1.807) is 0 Å². The van der Waals surface area contributed by atoms with E-state index in [9.17, 15) is 0 Å². The summed E-state index contributed by atoms with van der Waals surface area (Å²) in [5.41, 5.74) is 2.41. The van der Waals surface area contributed by atoms with Gasteiger partial charge in [0.1, 0.15) is 0 Å². The molecule has 2 nitrogen and oxygen atoms in total. The fourth-order valence-corrected chi connectivity index (χ4v) is 2.75. The highest BCUT2D eigenvalue weighted by atomic mass is 35.5. The molecule has 0 saturated carbocycles. The molecule has 0 radical (unpaired) electrons. The zero-order valence-electron chi connectivity index (χ0n) is 11.5. The third kappa shape index (κ3) is 2.81. The standard InChI is InChI=1S/C15H23ClN2/c1-4-12-10-18(13(5-2)9-17-12)14-7-6-11(3)15(16)8-14/h6-8,12-13,17H,4-5,9-10H2,1-3H3. The number of hydrogen-bond acceptors (Lipinski definition) is 2. The molecule has 1 aromatic rings. The van der Waals surface area contributed by atoms with Crippen LogP contribution in [0.1, 0.15) is 32.3 Å². The molecule has 0 bridgehead atoms. The number of hydrogen-bond donors (Lipinski definition) is 1. The van der Waals surface area contributed by atoms with Gasteiger partial charge in [-0.3, -0.25) is 0 Å². The summed E-state index contributed by atoms with van der Waals surface area (Å²) >= 11 is 6.25. The molecule has 1 aliphatic heterocycles. The molecule has 0 aromatic heterocycles. The Hall–Kier alpha value is -0.730. The molecule has 1 heterocycles. The van der Waals surface area contributed by atoms with Gasteiger partial charge in [0.15, 0.2) is 0 Å². The van der Waals surface area contributed by atoms with Crippen molar-refractivity contribution < 1.29 is 0 Å². The Kier molecular flexibility index (Phi) is 4.52. The van der Waals surface area contributed by atoms with Crippen LogP contribution < -0.4 is 10.2 Å². The minimum atomic E-state index is 0.576. The lowest BCUT2D eigenvalue weighted by Crippen LogP contribution is -2.56. The Labute approximate surface area is 115 Å². The SMILES string of the molecule is CCC1CN(c2ccc(C)c(Cl)c2)C(CC)CN1. The van der Waals surface area contributed by atoms with Gasteiger partial charge in [-0.2, -0.15) is 0 Å². The van der Waals surface area contributed by atoms with E-state index >= 15 is 0 Å². The van der Waals surface area contributed by atoms with Crippen molar-refractivity contribution in [3.63, 3.8) is 0 Å². The van der Waals surface area contributed by atoms with Gasteiger partial charge < -0.3 is 10.2 Å². The van der Waals surface area contributed by atoms with Crippen LogP contribution in [0.4, 0.5) is 5.69 Å². The predicted octanol–water partition coefficient (Wildman–Crippen LogP) is 3.62. The second-order valence-corrected chi connectivity index (χ2v) is 5.57. The van der Waals surface area contributed by atoms with Gasteiger partial charge >= 0.3 is 0 Å². The van der Waals surface area contributed by atoms with Crippen molar-refractivity contribution in [2.75, 3.05) is 18.0 Å². The number of anilines is 1. The quantitative estimate of drug-likeness (QED) is 0.899. The smallest absolute Gasteiger partial charge is 0.0455 e. The van der Waals surface area contributed by atoms with Crippen molar-refractivity contribution in [3.05, 3.63) is 28.8 Å². The summed E-state index contributed by atoms with van der Waals surface area (Å²) < 4.78 is 0. The summed E-state index contributed by atoms with van der Waals surface area (Å²) in [7, 11) is 0. The van der Waals surface area contributed by atoms with Crippen molar-refractivity contribution in [2.24, 2.45) is 0 Å². The molecule has 0 spiro atoms. The van der Waals surface area contributed by atoms with Gasteiger partial charge in [-0.15, -0.1) is 0 Å². The number of rotatable bonds is 3. The van der Waals surface area contributed by atoms with Crippen LogP contribution in [0.15, 0.2) is 18.2 Å². The highest BCUT2D eigenvalue weighted by molar-refractivity contribution is 6.31. The van der Waals surface area contributed by atoms with Gasteiger partial charge in [0.25, 0.3) is 0 Å². The van der Waals surface area contributed by atoms with Crippen LogP contribution in [0, 0.1) is 6.92 Å². The Morgan fingerprint density at radius 1 is 1.33 bits per heavy atom. The Bertz CT molecular complexity index is 405. The molecule has 18 heavy (non-hydrogen) atoms. The molecule has 1 fully saturated rings. The number of aryl methyl sites for hydroxylation is 1. The molecule has 1 N–H and O–H groups in total. The first-order chi connectivity index (χ1) is 8.65. The number of benzene rings is 1. The zero-order chi connectivity index (χ0) is 13.1. The normalized spacial score (nSPS) is 24.3. The fourth-order valence-electron chi connectivity index (χ4n) is 2.58. The third-order valence-corrected chi connectivity index (χ3v) is 4.36. The molecule has 2 unspecified atom stereocenters. The first-order valence-corrected chi connectivity index (χ1v) is 7.29. The second-order valence-electron chi connectivity index (χ2n) is 5.16. The van der Waals surface area contributed by atoms with Crippen molar-refractivity contribution in [2.45, 2.75) is 45.7 Å². The van der Waals surface area contributed by atoms with E-state index in [-0.39, 0.29) is 0 Å². The molecule has 2 atom stereocenters. The van der Waals surface area contributed by atoms with Crippen LogP contribution in [0.5, 0.6) is 0 Å². The lowest BCUT2D eigenvalue weighted by Gasteiger charge is -2.41. The number of halogens is 1. The van der Waals surface area contributed by atoms with Gasteiger partial charge in [-0.1, -0.05) is 31.5 Å². The van der Waals surface area contributed by atoms with E-state index in [2.05, 4.69) is 49.2 Å². The largest absolute Gasteiger partial charge is 0.366 e. The summed E-state index contributed by atoms with van der Waals surface area (Å²) in [5, 5.41) is 4.49. The topological polar surface area (TPSA) is 15.3 Å². The molecule has 0 aliphatic carbocycles. The molecule has 1 aliphatic rings. The van der Waals surface area contributed by atoms with E-state index in [0.717, 1.165) is 30.1 Å². The zero-order valence-corrected chi connectivity index (χ0v) is 12.3. The highest BCUT2D eigenvalue weighted by Crippen LogP contribution is 2.27. The van der Waals surface area contributed by atoms with Crippen molar-refractivity contribution in [3.8, 4) is 0 Å². The van der Waals surface area contributed by atoms with E-state index in [4.69, 9.17) is 11.6 Å². The highest BCUT2D eigenvalue weighted by Gasteiger charge is 2.26. The average Bonchev–Trinajstić information content (AvgIpc) is 2.41. The first kappa shape index (κ1) is 13.7. The minimum Gasteiger partial charge on any atom is -0.366 e. The summed E-state index contributed by atoms with van der Waals surface area (Å²) in [6.45, 7) is 8.69. The molecule has 1 saturated heterocycles. The van der Waals surface area contributed by atoms with Crippen LogP contribution >= 0.6 is 11.6 Å². The molecule has 1 aromatic carbocycles. The number of nitrogens with zero attached hydrogens (tertiary/aromatic N) is 1. The predicted molar refractivity (Wildman–Crippen MR) is 79.7 cm³/mol. The molecule has 100 valence electrons. The summed E-state index contributed by atoms with van der Waals surface area (Å²) in [6.07, 6.45) is 2.33. The van der Waals surface area contributed by atoms with E-state index in [1.165, 1.54) is 12.1 Å². The maximum absolute atomic E-state index is 6.25. The van der Waals surface area contributed by atoms with Crippen LogP contribution in [0.3, 0.4) is 0 Å². The molecular formula is C15H23ClN2. The monoisotopic (exact) mass is 266 g/mol. The fraction of sp³-hybridized carbons (Fsp3) is 0.600. The van der Waals surface area contributed by atoms with Gasteiger partial charge in [-0.25, -0.2) is 0 Å². The van der Waals surface area contributed by atoms with Gasteiger partial charge in [0.2, 0.25) is 0 Å². The average molecular weight is 267 g/mol. The van der Waals surface area contributed by atoms with E-state index in [1.807, 2.05) is 0 Å². The van der Waals surface area contributed by atoms with Crippen LogP contribution in [-0.4, -0.2) is 25.2 Å². The Balaban J connectivity index is 2.23. The van der Waals surface area contributed by atoms with Crippen LogP contribution in [0.2, 0.25) is 5.02 Å². The van der Waals surface area contributed by atoms with Gasteiger partial charge in [0, 0.05) is 35.9 Å². The maximum atomic E-state index is 6.25. The summed E-state index contributed by atoms with van der Waals surface area (Å²) in [6, 6.07) is 7.59. The third-order valence-electron chi connectivity index (χ3n) is 3.95. The van der Waals surface area contributed by atoms with E-state index < -0.39 is 0 Å². The lowest BCUT2D eigenvalue weighted by molar-refractivity contribution is 0.379. The van der Waals surface area contributed by atoms with Crippen molar-refractivity contribution >= 4 is 17.3 Å². The molecule has 2 rings (SSSR count). The lowest BCUT2D eigenvalue weighted by atomic mass is 10.0. The summed E-state index contributed by atoms with van der Waals surface area (Å²) in [5.74, 6) is 0.